The third-order valence-corrected chi connectivity index (χ3v) is 4.11. The van der Waals surface area contributed by atoms with Gasteiger partial charge in [-0.1, -0.05) is 5.16 Å². The second-order valence-corrected chi connectivity index (χ2v) is 6.38. The molecule has 2 heterocycles. The van der Waals surface area contributed by atoms with Crippen molar-refractivity contribution in [2.45, 2.75) is 19.9 Å². The molecule has 0 radical (unpaired) electrons. The second-order valence-electron chi connectivity index (χ2n) is 5.32. The second kappa shape index (κ2) is 7.35. The molecule has 3 aromatic rings. The highest BCUT2D eigenvalue weighted by atomic mass is 32.1. The highest BCUT2D eigenvalue weighted by molar-refractivity contribution is 7.09. The summed E-state index contributed by atoms with van der Waals surface area (Å²) in [4.78, 5) is 20.4. The monoisotopic (exact) mass is 358 g/mol. The molecule has 3 rings (SSSR count). The molecule has 0 aliphatic rings. The highest BCUT2D eigenvalue weighted by Crippen LogP contribution is 2.19. The standard InChI is InChI=1S/C17H15FN4O2S/c1-10(19-15(23)8-7-14-9-25-11(2)20-14)17-21-16(22-24-17)12-3-5-13(18)6-4-12/h3-10H,1-2H3,(H,19,23)/b8-7-/t10-/m0/s1. The van der Waals surface area contributed by atoms with E-state index in [4.69, 9.17) is 4.52 Å². The van der Waals surface area contributed by atoms with E-state index in [9.17, 15) is 9.18 Å². The van der Waals surface area contributed by atoms with E-state index in [2.05, 4.69) is 20.4 Å². The Morgan fingerprint density at radius 2 is 2.08 bits per heavy atom. The quantitative estimate of drug-likeness (QED) is 0.706. The largest absolute Gasteiger partial charge is 0.341 e. The van der Waals surface area contributed by atoms with Gasteiger partial charge in [-0.25, -0.2) is 9.37 Å². The molecule has 0 aliphatic heterocycles. The number of benzene rings is 1. The van der Waals surface area contributed by atoms with Crippen molar-refractivity contribution in [1.82, 2.24) is 20.4 Å². The molecule has 0 saturated carbocycles. The van der Waals surface area contributed by atoms with Gasteiger partial charge in [0.1, 0.15) is 11.9 Å². The van der Waals surface area contributed by atoms with Crippen molar-refractivity contribution in [1.29, 1.82) is 0 Å². The molecule has 8 heteroatoms. The zero-order chi connectivity index (χ0) is 17.8. The van der Waals surface area contributed by atoms with Crippen LogP contribution < -0.4 is 5.32 Å². The molecule has 0 spiro atoms. The Bertz CT molecular complexity index is 902. The van der Waals surface area contributed by atoms with E-state index in [0.29, 0.717) is 11.4 Å². The molecule has 1 N–H and O–H groups in total. The third kappa shape index (κ3) is 4.36. The van der Waals surface area contributed by atoms with Crippen molar-refractivity contribution in [3.63, 3.8) is 0 Å². The minimum atomic E-state index is -0.462. The summed E-state index contributed by atoms with van der Waals surface area (Å²) in [5.74, 6) is -0.0231. The van der Waals surface area contributed by atoms with Gasteiger partial charge in [-0.2, -0.15) is 4.98 Å². The number of nitrogens with zero attached hydrogens (tertiary/aromatic N) is 3. The van der Waals surface area contributed by atoms with Gasteiger partial charge < -0.3 is 9.84 Å². The molecule has 1 amide bonds. The number of rotatable bonds is 5. The van der Waals surface area contributed by atoms with E-state index >= 15 is 0 Å². The van der Waals surface area contributed by atoms with E-state index in [0.717, 1.165) is 10.7 Å². The van der Waals surface area contributed by atoms with E-state index in [1.54, 1.807) is 25.1 Å². The molecule has 0 bridgehead atoms. The smallest absolute Gasteiger partial charge is 0.249 e. The molecule has 128 valence electrons. The summed E-state index contributed by atoms with van der Waals surface area (Å²) >= 11 is 1.52. The first-order chi connectivity index (χ1) is 12.0. The highest BCUT2D eigenvalue weighted by Gasteiger charge is 2.16. The number of hydrogen-bond donors (Lipinski definition) is 1. The van der Waals surface area contributed by atoms with Crippen LogP contribution in [-0.2, 0) is 4.79 Å². The minimum absolute atomic E-state index is 0.269. The van der Waals surface area contributed by atoms with Gasteiger partial charge in [-0.3, -0.25) is 4.79 Å². The van der Waals surface area contributed by atoms with Crippen molar-refractivity contribution < 1.29 is 13.7 Å². The lowest BCUT2D eigenvalue weighted by Gasteiger charge is -2.06. The molecular weight excluding hydrogens is 343 g/mol. The molecule has 0 fully saturated rings. The Morgan fingerprint density at radius 3 is 2.76 bits per heavy atom. The van der Waals surface area contributed by atoms with Gasteiger partial charge in [0.2, 0.25) is 17.6 Å². The van der Waals surface area contributed by atoms with Crippen LogP contribution in [0, 0.1) is 12.7 Å². The number of carbonyl (C=O) groups excluding carboxylic acids is 1. The lowest BCUT2D eigenvalue weighted by molar-refractivity contribution is -0.117. The predicted molar refractivity (Wildman–Crippen MR) is 92.1 cm³/mol. The topological polar surface area (TPSA) is 80.9 Å². The van der Waals surface area contributed by atoms with Gasteiger partial charge in [0.05, 0.1) is 10.7 Å². The van der Waals surface area contributed by atoms with Crippen LogP contribution >= 0.6 is 11.3 Å². The zero-order valence-corrected chi connectivity index (χ0v) is 14.4. The number of carbonyl (C=O) groups is 1. The fraction of sp³-hybridized carbons (Fsp3) is 0.176. The number of hydrogen-bond acceptors (Lipinski definition) is 6. The maximum Gasteiger partial charge on any atom is 0.249 e. The number of aromatic nitrogens is 3. The average Bonchev–Trinajstić information content (AvgIpc) is 3.23. The van der Waals surface area contributed by atoms with Crippen LogP contribution in [0.2, 0.25) is 0 Å². The number of halogens is 1. The molecule has 25 heavy (non-hydrogen) atoms. The number of amides is 1. The van der Waals surface area contributed by atoms with Gasteiger partial charge >= 0.3 is 0 Å². The van der Waals surface area contributed by atoms with E-state index in [1.165, 1.54) is 29.5 Å². The van der Waals surface area contributed by atoms with Crippen molar-refractivity contribution >= 4 is 23.3 Å². The van der Waals surface area contributed by atoms with Crippen LogP contribution in [0.3, 0.4) is 0 Å². The zero-order valence-electron chi connectivity index (χ0n) is 13.6. The number of thiazole rings is 1. The maximum atomic E-state index is 13.0. The Hall–Kier alpha value is -2.87. The fourth-order valence-corrected chi connectivity index (χ4v) is 2.65. The fourth-order valence-electron chi connectivity index (χ4n) is 2.07. The van der Waals surface area contributed by atoms with Gasteiger partial charge in [-0.05, 0) is 44.2 Å². The summed E-state index contributed by atoms with van der Waals surface area (Å²) in [5, 5.41) is 9.40. The molecule has 6 nitrogen and oxygen atoms in total. The first kappa shape index (κ1) is 17.0. The summed E-state index contributed by atoms with van der Waals surface area (Å²) in [6.07, 6.45) is 3.05. The van der Waals surface area contributed by atoms with Crippen molar-refractivity contribution in [2.75, 3.05) is 0 Å². The van der Waals surface area contributed by atoms with Gasteiger partial charge in [0, 0.05) is 17.0 Å². The maximum absolute atomic E-state index is 13.0. The number of aryl methyl sites for hydroxylation is 1. The molecule has 0 unspecified atom stereocenters. The minimum Gasteiger partial charge on any atom is -0.341 e. The first-order valence-electron chi connectivity index (χ1n) is 7.51. The summed E-state index contributed by atoms with van der Waals surface area (Å²) in [6.45, 7) is 3.64. The van der Waals surface area contributed by atoms with E-state index in [-0.39, 0.29) is 17.6 Å². The van der Waals surface area contributed by atoms with Crippen molar-refractivity contribution in [2.24, 2.45) is 0 Å². The Labute approximate surface area is 147 Å². The SMILES string of the molecule is Cc1nc(/C=C\C(=O)N[C@@H](C)c2nc(-c3ccc(F)cc3)no2)cs1. The summed E-state index contributed by atoms with van der Waals surface area (Å²) in [6, 6.07) is 5.30. The summed E-state index contributed by atoms with van der Waals surface area (Å²) in [5.41, 5.74) is 1.37. The van der Waals surface area contributed by atoms with E-state index in [1.807, 2.05) is 12.3 Å². The number of nitrogens with one attached hydrogen (secondary N) is 1. The molecule has 0 aliphatic carbocycles. The van der Waals surface area contributed by atoms with Crippen LogP contribution in [0.5, 0.6) is 0 Å². The van der Waals surface area contributed by atoms with Crippen molar-refractivity contribution in [3.8, 4) is 11.4 Å². The van der Waals surface area contributed by atoms with Crippen LogP contribution in [0.4, 0.5) is 4.39 Å². The molecule has 1 aromatic carbocycles. The summed E-state index contributed by atoms with van der Waals surface area (Å²) in [7, 11) is 0. The van der Waals surface area contributed by atoms with E-state index < -0.39 is 6.04 Å². The van der Waals surface area contributed by atoms with Gasteiger partial charge in [0.25, 0.3) is 0 Å². The van der Waals surface area contributed by atoms with Crippen LogP contribution in [0.25, 0.3) is 17.5 Å². The molecular formula is C17H15FN4O2S. The normalized spacial score (nSPS) is 12.4. The van der Waals surface area contributed by atoms with Gasteiger partial charge in [-0.15, -0.1) is 11.3 Å². The van der Waals surface area contributed by atoms with Crippen LogP contribution in [-0.4, -0.2) is 21.0 Å². The molecule has 2 aromatic heterocycles. The van der Waals surface area contributed by atoms with Gasteiger partial charge in [0.15, 0.2) is 0 Å². The molecule has 0 saturated heterocycles. The van der Waals surface area contributed by atoms with Crippen LogP contribution in [0.1, 0.15) is 29.6 Å². The summed E-state index contributed by atoms with van der Waals surface area (Å²) < 4.78 is 18.1. The Morgan fingerprint density at radius 1 is 1.32 bits per heavy atom. The Kier molecular flexibility index (Phi) is 4.99. The average molecular weight is 358 g/mol. The predicted octanol–water partition coefficient (Wildman–Crippen LogP) is 3.53. The lowest BCUT2D eigenvalue weighted by Crippen LogP contribution is -2.24. The van der Waals surface area contributed by atoms with Crippen LogP contribution in [0.15, 0.2) is 40.2 Å². The molecule has 1 atom stereocenters. The van der Waals surface area contributed by atoms with Crippen molar-refractivity contribution in [3.05, 3.63) is 58.1 Å². The third-order valence-electron chi connectivity index (χ3n) is 3.32. The Balaban J connectivity index is 1.63. The lowest BCUT2D eigenvalue weighted by atomic mass is 10.2. The first-order valence-corrected chi connectivity index (χ1v) is 8.39.